The zero-order valence-corrected chi connectivity index (χ0v) is 13.6. The van der Waals surface area contributed by atoms with Crippen molar-refractivity contribution in [3.05, 3.63) is 41.4 Å². The lowest BCUT2D eigenvalue weighted by molar-refractivity contribution is -0.142. The Morgan fingerprint density at radius 2 is 2.32 bits per heavy atom. The Morgan fingerprint density at radius 3 is 3.14 bits per heavy atom. The minimum Gasteiger partial charge on any atom is -0.466 e. The van der Waals surface area contributed by atoms with Crippen molar-refractivity contribution in [2.75, 3.05) is 6.61 Å². The molecule has 3 heterocycles. The van der Waals surface area contributed by atoms with Gasteiger partial charge in [0.2, 0.25) is 5.78 Å². The highest BCUT2D eigenvalue weighted by Gasteiger charge is 2.10. The first-order chi connectivity index (χ1) is 10.7. The topological polar surface area (TPSA) is 69.4 Å². The molecule has 0 saturated carbocycles. The first-order valence-corrected chi connectivity index (χ1v) is 8.62. The van der Waals surface area contributed by atoms with E-state index in [1.54, 1.807) is 24.9 Å². The summed E-state index contributed by atoms with van der Waals surface area (Å²) in [5.41, 5.74) is 1.70. The fraction of sp³-hybridized carbons (Fsp3) is 0.286. The lowest BCUT2D eigenvalue weighted by Crippen LogP contribution is -2.07. The van der Waals surface area contributed by atoms with Crippen molar-refractivity contribution in [1.29, 1.82) is 0 Å². The Balaban J connectivity index is 1.59. The molecule has 0 saturated heterocycles. The van der Waals surface area contributed by atoms with Gasteiger partial charge in [-0.05, 0) is 13.0 Å². The van der Waals surface area contributed by atoms with Crippen LogP contribution in [-0.2, 0) is 21.7 Å². The number of carbonyl (C=O) groups is 1. The van der Waals surface area contributed by atoms with Crippen LogP contribution in [0.15, 0.2) is 34.4 Å². The third-order valence-corrected chi connectivity index (χ3v) is 4.89. The van der Waals surface area contributed by atoms with Gasteiger partial charge in [0.25, 0.3) is 0 Å². The fourth-order valence-electron chi connectivity index (χ4n) is 1.88. The monoisotopic (exact) mass is 334 g/mol. The molecule has 0 fully saturated rings. The van der Waals surface area contributed by atoms with Gasteiger partial charge in [0.1, 0.15) is 0 Å². The van der Waals surface area contributed by atoms with E-state index in [2.05, 4.69) is 15.0 Å². The maximum Gasteiger partial charge on any atom is 0.311 e. The fourth-order valence-corrected chi connectivity index (χ4v) is 3.61. The second-order valence-corrected chi connectivity index (χ2v) is 6.51. The molecular formula is C14H14N4O2S2. The highest BCUT2D eigenvalue weighted by Crippen LogP contribution is 2.26. The molecule has 0 amide bonds. The first kappa shape index (κ1) is 15.0. The van der Waals surface area contributed by atoms with E-state index in [1.165, 1.54) is 11.3 Å². The van der Waals surface area contributed by atoms with Crippen molar-refractivity contribution in [2.24, 2.45) is 0 Å². The van der Waals surface area contributed by atoms with Gasteiger partial charge in [0, 0.05) is 29.7 Å². The number of thiazole rings is 1. The van der Waals surface area contributed by atoms with Crippen LogP contribution in [0.3, 0.4) is 0 Å². The molecule has 0 bridgehead atoms. The molecule has 6 nitrogen and oxygen atoms in total. The van der Waals surface area contributed by atoms with E-state index in [1.807, 2.05) is 28.2 Å². The quantitative estimate of drug-likeness (QED) is 0.510. The third kappa shape index (κ3) is 3.63. The zero-order valence-electron chi connectivity index (χ0n) is 11.9. The Labute approximate surface area is 135 Å². The summed E-state index contributed by atoms with van der Waals surface area (Å²) in [7, 11) is 0. The molecule has 3 aromatic rings. The van der Waals surface area contributed by atoms with Gasteiger partial charge in [0.05, 0.1) is 24.4 Å². The van der Waals surface area contributed by atoms with E-state index < -0.39 is 0 Å². The Morgan fingerprint density at radius 1 is 1.41 bits per heavy atom. The molecule has 114 valence electrons. The maximum atomic E-state index is 11.4. The van der Waals surface area contributed by atoms with Crippen LogP contribution in [0.5, 0.6) is 0 Å². The Kier molecular flexibility index (Phi) is 4.69. The van der Waals surface area contributed by atoms with Crippen LogP contribution in [0, 0.1) is 0 Å². The molecule has 3 aromatic heterocycles. The maximum absolute atomic E-state index is 11.4. The van der Waals surface area contributed by atoms with E-state index in [9.17, 15) is 4.79 Å². The summed E-state index contributed by atoms with van der Waals surface area (Å²) >= 11 is 3.13. The molecule has 3 rings (SSSR count). The van der Waals surface area contributed by atoms with Crippen LogP contribution in [0.1, 0.15) is 18.3 Å². The molecule has 0 atom stereocenters. The van der Waals surface area contributed by atoms with Crippen molar-refractivity contribution in [3.8, 4) is 0 Å². The van der Waals surface area contributed by atoms with Crippen molar-refractivity contribution >= 4 is 34.8 Å². The number of carbonyl (C=O) groups excluding carboxylic acids is 1. The van der Waals surface area contributed by atoms with Gasteiger partial charge in [-0.2, -0.15) is 0 Å². The number of aromatic nitrogens is 4. The van der Waals surface area contributed by atoms with Crippen LogP contribution < -0.4 is 0 Å². The predicted octanol–water partition coefficient (Wildman–Crippen LogP) is 2.58. The van der Waals surface area contributed by atoms with Crippen molar-refractivity contribution < 1.29 is 9.53 Å². The standard InChI is InChI=1S/C14H14N4O2S2/c1-2-20-12(19)6-10-8-21-14(17-10)22-9-11-7-18-5-3-4-15-13(18)16-11/h3-5,7-8H,2,6,9H2,1H3. The molecule has 0 aliphatic carbocycles. The molecule has 22 heavy (non-hydrogen) atoms. The van der Waals surface area contributed by atoms with Gasteiger partial charge in [-0.25, -0.2) is 15.0 Å². The molecule has 8 heteroatoms. The molecule has 0 spiro atoms. The second-order valence-electron chi connectivity index (χ2n) is 4.43. The average Bonchev–Trinajstić information content (AvgIpc) is 3.11. The predicted molar refractivity (Wildman–Crippen MR) is 85.0 cm³/mol. The zero-order chi connectivity index (χ0) is 15.4. The van der Waals surface area contributed by atoms with Crippen molar-refractivity contribution in [2.45, 2.75) is 23.4 Å². The van der Waals surface area contributed by atoms with Crippen molar-refractivity contribution in [3.63, 3.8) is 0 Å². The summed E-state index contributed by atoms with van der Waals surface area (Å²) < 4.78 is 7.73. The lowest BCUT2D eigenvalue weighted by atomic mass is 10.3. The van der Waals surface area contributed by atoms with Crippen LogP contribution in [0.25, 0.3) is 5.78 Å². The Bertz CT molecular complexity index is 751. The molecule has 0 unspecified atom stereocenters. The summed E-state index contributed by atoms with van der Waals surface area (Å²) in [6, 6.07) is 1.87. The van der Waals surface area contributed by atoms with Crippen LogP contribution in [0.2, 0.25) is 0 Å². The summed E-state index contributed by atoms with van der Waals surface area (Å²) in [6.07, 6.45) is 5.83. The lowest BCUT2D eigenvalue weighted by Gasteiger charge is -1.98. The number of nitrogens with zero attached hydrogens (tertiary/aromatic N) is 4. The minimum absolute atomic E-state index is 0.225. The van der Waals surface area contributed by atoms with Crippen LogP contribution >= 0.6 is 23.1 Å². The van der Waals surface area contributed by atoms with Gasteiger partial charge < -0.3 is 4.74 Å². The second kappa shape index (κ2) is 6.89. The summed E-state index contributed by atoms with van der Waals surface area (Å²) in [6.45, 7) is 2.19. The largest absolute Gasteiger partial charge is 0.466 e. The number of imidazole rings is 1. The average molecular weight is 334 g/mol. The smallest absolute Gasteiger partial charge is 0.311 e. The van der Waals surface area contributed by atoms with E-state index in [0.717, 1.165) is 21.5 Å². The van der Waals surface area contributed by atoms with Gasteiger partial charge in [0.15, 0.2) is 4.34 Å². The van der Waals surface area contributed by atoms with Crippen LogP contribution in [-0.4, -0.2) is 31.9 Å². The number of fused-ring (bicyclic) bond motifs is 1. The number of esters is 1. The van der Waals surface area contributed by atoms with E-state index in [-0.39, 0.29) is 12.4 Å². The first-order valence-electron chi connectivity index (χ1n) is 6.76. The number of ether oxygens (including phenoxy) is 1. The Hall–Kier alpha value is -1.93. The SMILES string of the molecule is CCOC(=O)Cc1csc(SCc2cn3cccnc3n2)n1. The third-order valence-electron chi connectivity index (χ3n) is 2.79. The summed E-state index contributed by atoms with van der Waals surface area (Å²) in [5.74, 6) is 1.17. The van der Waals surface area contributed by atoms with E-state index in [4.69, 9.17) is 4.74 Å². The molecule has 0 N–H and O–H groups in total. The summed E-state index contributed by atoms with van der Waals surface area (Å²) in [5, 5.41) is 1.89. The number of hydrogen-bond donors (Lipinski definition) is 0. The highest BCUT2D eigenvalue weighted by atomic mass is 32.2. The molecule has 0 aliphatic rings. The van der Waals surface area contributed by atoms with Gasteiger partial charge in [-0.1, -0.05) is 11.8 Å². The minimum atomic E-state index is -0.240. The highest BCUT2D eigenvalue weighted by molar-refractivity contribution is 8.00. The van der Waals surface area contributed by atoms with E-state index >= 15 is 0 Å². The van der Waals surface area contributed by atoms with Gasteiger partial charge in [-0.3, -0.25) is 9.20 Å². The van der Waals surface area contributed by atoms with E-state index in [0.29, 0.717) is 12.4 Å². The number of thioether (sulfide) groups is 1. The van der Waals surface area contributed by atoms with Gasteiger partial charge in [-0.15, -0.1) is 11.3 Å². The normalized spacial score (nSPS) is 11.0. The molecule has 0 radical (unpaired) electrons. The van der Waals surface area contributed by atoms with Gasteiger partial charge >= 0.3 is 5.97 Å². The van der Waals surface area contributed by atoms with Crippen molar-refractivity contribution in [1.82, 2.24) is 19.4 Å². The van der Waals surface area contributed by atoms with Crippen LogP contribution in [0.4, 0.5) is 0 Å². The molecule has 0 aromatic carbocycles. The molecule has 0 aliphatic heterocycles. The molecular weight excluding hydrogens is 320 g/mol. The number of rotatable bonds is 6. The number of hydrogen-bond acceptors (Lipinski definition) is 7. The summed E-state index contributed by atoms with van der Waals surface area (Å²) in [4.78, 5) is 24.5.